The van der Waals surface area contributed by atoms with Crippen LogP contribution in [0.1, 0.15) is 25.5 Å². The van der Waals surface area contributed by atoms with Gasteiger partial charge in [-0.15, -0.1) is 10.2 Å². The summed E-state index contributed by atoms with van der Waals surface area (Å²) in [5, 5.41) is 18.5. The molecule has 18 nitrogen and oxygen atoms in total. The Morgan fingerprint density at radius 2 is 1.14 bits per heavy atom. The fourth-order valence-corrected chi connectivity index (χ4v) is 4.22. The van der Waals surface area contributed by atoms with Gasteiger partial charge in [0.25, 0.3) is 0 Å². The van der Waals surface area contributed by atoms with E-state index in [0.717, 1.165) is 31.7 Å². The first kappa shape index (κ1) is 43.6. The second-order valence-electron chi connectivity index (χ2n) is 11.1. The lowest BCUT2D eigenvalue weighted by Crippen LogP contribution is -2.34. The topological polar surface area (TPSA) is 183 Å². The minimum absolute atomic E-state index is 0.0405. The molecule has 50 heavy (non-hydrogen) atoms. The molecule has 288 valence electrons. The van der Waals surface area contributed by atoms with Crippen LogP contribution in [0.4, 0.5) is 0 Å². The Labute approximate surface area is 296 Å². The van der Waals surface area contributed by atoms with Crippen molar-refractivity contribution >= 4 is 11.7 Å². The van der Waals surface area contributed by atoms with E-state index in [4.69, 9.17) is 42.6 Å². The van der Waals surface area contributed by atoms with Crippen LogP contribution in [0.25, 0.3) is 0 Å². The van der Waals surface area contributed by atoms with Crippen molar-refractivity contribution in [1.82, 2.24) is 25.2 Å². The SMILES string of the molecule is CNC(=O)CCOCCOCCOCCN(CCOCCOCCOCCC1N=NC(C)=N1)CCOCCOCCOCCn1cc(C)nn1. The molecule has 1 unspecified atom stereocenters. The summed E-state index contributed by atoms with van der Waals surface area (Å²) in [6.45, 7) is 15.7. The Hall–Kier alpha value is -2.52. The van der Waals surface area contributed by atoms with Gasteiger partial charge in [-0.05, 0) is 13.8 Å². The lowest BCUT2D eigenvalue weighted by molar-refractivity contribution is -0.121. The van der Waals surface area contributed by atoms with Gasteiger partial charge < -0.3 is 47.9 Å². The zero-order valence-electron chi connectivity index (χ0n) is 30.3. The third kappa shape index (κ3) is 25.4. The Balaban J connectivity index is 1.47. The van der Waals surface area contributed by atoms with E-state index >= 15 is 0 Å². The molecule has 1 aliphatic rings. The van der Waals surface area contributed by atoms with Gasteiger partial charge in [0.15, 0.2) is 6.17 Å². The fourth-order valence-electron chi connectivity index (χ4n) is 4.22. The number of rotatable bonds is 36. The first-order chi connectivity index (χ1) is 24.6. The van der Waals surface area contributed by atoms with Crippen molar-refractivity contribution in [1.29, 1.82) is 0 Å². The molecule has 1 N–H and O–H groups in total. The number of nitrogens with one attached hydrogen (secondary N) is 1. The van der Waals surface area contributed by atoms with Crippen molar-refractivity contribution < 1.29 is 47.4 Å². The monoisotopic (exact) mass is 716 g/mol. The quantitative estimate of drug-likeness (QED) is 0.0963. The van der Waals surface area contributed by atoms with Gasteiger partial charge in [-0.25, -0.2) is 9.67 Å². The van der Waals surface area contributed by atoms with Gasteiger partial charge >= 0.3 is 0 Å². The second kappa shape index (κ2) is 31.2. The second-order valence-corrected chi connectivity index (χ2v) is 11.1. The normalized spacial score (nSPS) is 14.2. The first-order valence-electron chi connectivity index (χ1n) is 17.5. The Morgan fingerprint density at radius 1 is 0.680 bits per heavy atom. The molecule has 0 aromatic carbocycles. The van der Waals surface area contributed by atoms with Gasteiger partial charge in [0, 0.05) is 45.7 Å². The average Bonchev–Trinajstić information content (AvgIpc) is 3.74. The maximum absolute atomic E-state index is 11.2. The number of hydrogen-bond donors (Lipinski definition) is 1. The van der Waals surface area contributed by atoms with E-state index in [-0.39, 0.29) is 12.1 Å². The molecule has 2 rings (SSSR count). The highest BCUT2D eigenvalue weighted by molar-refractivity contribution is 5.80. The molecule has 1 aromatic heterocycles. The summed E-state index contributed by atoms with van der Waals surface area (Å²) in [5.74, 6) is 0.673. The van der Waals surface area contributed by atoms with Crippen molar-refractivity contribution in [2.45, 2.75) is 39.4 Å². The van der Waals surface area contributed by atoms with Crippen molar-refractivity contribution in [2.24, 2.45) is 15.2 Å². The van der Waals surface area contributed by atoms with E-state index in [9.17, 15) is 4.79 Å². The fraction of sp³-hybridized carbons (Fsp3) is 0.875. The summed E-state index contributed by atoms with van der Waals surface area (Å²) in [6.07, 6.45) is 2.83. The van der Waals surface area contributed by atoms with Crippen LogP contribution in [0.5, 0.6) is 0 Å². The van der Waals surface area contributed by atoms with Gasteiger partial charge in [0.05, 0.1) is 131 Å². The minimum Gasteiger partial charge on any atom is -0.379 e. The summed E-state index contributed by atoms with van der Waals surface area (Å²) < 4.78 is 52.4. The van der Waals surface area contributed by atoms with Crippen LogP contribution in [-0.4, -0.2) is 183 Å². The third-order valence-electron chi connectivity index (χ3n) is 6.95. The van der Waals surface area contributed by atoms with E-state index in [1.165, 1.54) is 0 Å². The lowest BCUT2D eigenvalue weighted by atomic mass is 10.4. The molecule has 0 saturated carbocycles. The van der Waals surface area contributed by atoms with Crippen molar-refractivity contribution in [2.75, 3.05) is 146 Å². The van der Waals surface area contributed by atoms with E-state index in [2.05, 4.69) is 35.7 Å². The Bertz CT molecular complexity index is 1020. The van der Waals surface area contributed by atoms with Gasteiger partial charge in [-0.1, -0.05) is 5.21 Å². The summed E-state index contributed by atoms with van der Waals surface area (Å²) in [4.78, 5) is 17.7. The number of aliphatic imine (C=N–C) groups is 1. The number of ether oxygens (including phenoxy) is 9. The predicted octanol–water partition coefficient (Wildman–Crippen LogP) is 0.774. The Kier molecular flexibility index (Phi) is 27.3. The summed E-state index contributed by atoms with van der Waals surface area (Å²) in [5.41, 5.74) is 0.889. The summed E-state index contributed by atoms with van der Waals surface area (Å²) in [6, 6.07) is 0. The highest BCUT2D eigenvalue weighted by Crippen LogP contribution is 2.08. The van der Waals surface area contributed by atoms with Crippen LogP contribution in [0, 0.1) is 6.92 Å². The molecule has 0 radical (unpaired) electrons. The molecular weight excluding hydrogens is 656 g/mol. The molecule has 0 aliphatic carbocycles. The molecule has 0 saturated heterocycles. The molecule has 1 atom stereocenters. The first-order valence-corrected chi connectivity index (χ1v) is 17.5. The number of hydrogen-bond acceptors (Lipinski definition) is 16. The zero-order chi connectivity index (χ0) is 35.7. The number of amidine groups is 1. The van der Waals surface area contributed by atoms with Crippen molar-refractivity contribution in [3.63, 3.8) is 0 Å². The van der Waals surface area contributed by atoms with E-state index < -0.39 is 0 Å². The molecule has 1 aliphatic heterocycles. The number of amides is 1. The average molecular weight is 717 g/mol. The molecule has 2 heterocycles. The molecule has 0 fully saturated rings. The number of aromatic nitrogens is 3. The van der Waals surface area contributed by atoms with Crippen LogP contribution < -0.4 is 5.32 Å². The zero-order valence-corrected chi connectivity index (χ0v) is 30.3. The standard InChI is InChI=1S/C32H60N8O10/c1-29-28-40(38-35-29)9-15-47-21-27-50-26-20-46-14-8-39(7-13-45-19-25-49-23-17-43-11-5-32(41)33-3)6-12-44-18-24-48-22-16-42-10-4-31-34-30(2)36-37-31/h28,31H,4-27H2,1-3H3,(H,33,41). The molecule has 18 heteroatoms. The highest BCUT2D eigenvalue weighted by Gasteiger charge is 2.10. The van der Waals surface area contributed by atoms with Gasteiger partial charge in [-0.2, -0.15) is 5.11 Å². The van der Waals surface area contributed by atoms with Crippen molar-refractivity contribution in [3.05, 3.63) is 11.9 Å². The molecule has 0 spiro atoms. The number of nitrogens with zero attached hydrogens (tertiary/aromatic N) is 7. The maximum atomic E-state index is 11.2. The molecule has 0 bridgehead atoms. The lowest BCUT2D eigenvalue weighted by Gasteiger charge is -2.22. The number of carbonyl (C=O) groups excluding carboxylic acids is 1. The van der Waals surface area contributed by atoms with Crippen LogP contribution in [0.2, 0.25) is 0 Å². The van der Waals surface area contributed by atoms with Crippen LogP contribution in [0.3, 0.4) is 0 Å². The van der Waals surface area contributed by atoms with E-state index in [0.29, 0.717) is 138 Å². The highest BCUT2D eigenvalue weighted by atomic mass is 16.6. The molecular formula is C32H60N8O10. The van der Waals surface area contributed by atoms with Gasteiger partial charge in [0.1, 0.15) is 5.84 Å². The number of azo groups is 1. The summed E-state index contributed by atoms with van der Waals surface area (Å²) >= 11 is 0. The third-order valence-corrected chi connectivity index (χ3v) is 6.95. The number of aryl methyl sites for hydroxylation is 1. The Morgan fingerprint density at radius 3 is 1.58 bits per heavy atom. The van der Waals surface area contributed by atoms with Gasteiger partial charge in [-0.3, -0.25) is 9.69 Å². The van der Waals surface area contributed by atoms with E-state index in [1.54, 1.807) is 11.7 Å². The largest absolute Gasteiger partial charge is 0.379 e. The predicted molar refractivity (Wildman–Crippen MR) is 184 cm³/mol. The molecule has 1 amide bonds. The molecule has 1 aromatic rings. The van der Waals surface area contributed by atoms with Gasteiger partial charge in [0.2, 0.25) is 5.91 Å². The number of carbonyl (C=O) groups is 1. The van der Waals surface area contributed by atoms with Crippen molar-refractivity contribution in [3.8, 4) is 0 Å². The van der Waals surface area contributed by atoms with Crippen LogP contribution in [0.15, 0.2) is 21.4 Å². The van der Waals surface area contributed by atoms with Crippen LogP contribution >= 0.6 is 0 Å². The minimum atomic E-state index is -0.114. The smallest absolute Gasteiger partial charge is 0.222 e. The summed E-state index contributed by atoms with van der Waals surface area (Å²) in [7, 11) is 1.61. The maximum Gasteiger partial charge on any atom is 0.222 e. The van der Waals surface area contributed by atoms with Crippen LogP contribution in [-0.2, 0) is 54.0 Å². The van der Waals surface area contributed by atoms with E-state index in [1.807, 2.05) is 20.0 Å².